The van der Waals surface area contributed by atoms with E-state index in [0.29, 0.717) is 0 Å². The van der Waals surface area contributed by atoms with E-state index in [0.717, 1.165) is 0 Å². The summed E-state index contributed by atoms with van der Waals surface area (Å²) in [6.45, 7) is 0. The summed E-state index contributed by atoms with van der Waals surface area (Å²) in [5, 5.41) is 5.24. The second-order valence-corrected chi connectivity index (χ2v) is 5.92. The second kappa shape index (κ2) is 3.42. The minimum Gasteiger partial charge on any atom is -0.248 e. The van der Waals surface area contributed by atoms with Crippen LogP contribution in [0, 0.1) is 0 Å². The SMILES string of the molecule is c1ccc2c(c1)c1ccc3c4ccccc4c4ccc2n4n13. The number of rotatable bonds is 0. The fraction of sp³-hybridized carbons (Fsp3) is 0. The average Bonchev–Trinajstić information content (AvgIpc) is 3.19. The lowest BCUT2D eigenvalue weighted by atomic mass is 10.1. The third-order valence-electron chi connectivity index (χ3n) is 4.87. The lowest BCUT2D eigenvalue weighted by Gasteiger charge is -2.14. The van der Waals surface area contributed by atoms with Crippen LogP contribution in [-0.4, -0.2) is 9.03 Å². The molecule has 0 aliphatic rings. The molecular weight excluding hydrogens is 268 g/mol. The second-order valence-electron chi connectivity index (χ2n) is 5.92. The monoisotopic (exact) mass is 280 g/mol. The molecule has 0 N–H and O–H groups in total. The summed E-state index contributed by atoms with van der Waals surface area (Å²) in [6, 6.07) is 26.3. The quantitative estimate of drug-likeness (QED) is 0.343. The van der Waals surface area contributed by atoms with Gasteiger partial charge in [-0.2, -0.15) is 0 Å². The van der Waals surface area contributed by atoms with E-state index in [1.54, 1.807) is 0 Å². The Kier molecular flexibility index (Phi) is 1.66. The van der Waals surface area contributed by atoms with Gasteiger partial charge in [0.1, 0.15) is 0 Å². The maximum atomic E-state index is 2.36. The molecule has 22 heavy (non-hydrogen) atoms. The van der Waals surface area contributed by atoms with E-state index in [1.807, 2.05) is 0 Å². The molecule has 102 valence electrons. The summed E-state index contributed by atoms with van der Waals surface area (Å²) in [5.41, 5.74) is 5.07. The molecule has 0 bridgehead atoms. The molecule has 2 nitrogen and oxygen atoms in total. The lowest BCUT2D eigenvalue weighted by molar-refractivity contribution is 0.929. The molecule has 0 fully saturated rings. The number of aromatic nitrogens is 2. The van der Waals surface area contributed by atoms with E-state index in [2.05, 4.69) is 81.8 Å². The molecule has 4 aromatic heterocycles. The Balaban J connectivity index is 2.15. The highest BCUT2D eigenvalue weighted by Crippen LogP contribution is 2.34. The van der Waals surface area contributed by atoms with Crippen LogP contribution in [0.1, 0.15) is 0 Å². The smallest absolute Gasteiger partial charge is 0.0717 e. The number of nitrogens with zero attached hydrogens (tertiary/aromatic N) is 2. The maximum absolute atomic E-state index is 2.36. The predicted molar refractivity (Wildman–Crippen MR) is 92.1 cm³/mol. The van der Waals surface area contributed by atoms with Gasteiger partial charge in [0.2, 0.25) is 0 Å². The first-order chi connectivity index (χ1) is 10.9. The highest BCUT2D eigenvalue weighted by molar-refractivity contribution is 6.12. The molecule has 0 saturated heterocycles. The van der Waals surface area contributed by atoms with Gasteiger partial charge >= 0.3 is 0 Å². The van der Waals surface area contributed by atoms with Crippen LogP contribution in [0.15, 0.2) is 72.8 Å². The van der Waals surface area contributed by atoms with Crippen LogP contribution in [0.4, 0.5) is 0 Å². The Morgan fingerprint density at radius 2 is 0.636 bits per heavy atom. The standard InChI is InChI=1S/C20H12N2/c1-2-6-14-13(5-1)17-9-10-19-15-7-3-4-8-16(15)20-12-11-18(14)22(20)21(17)19/h1-12H. The molecule has 2 heteroatoms. The van der Waals surface area contributed by atoms with Crippen molar-refractivity contribution in [2.45, 2.75) is 0 Å². The molecule has 2 aromatic carbocycles. The molecule has 0 saturated carbocycles. The molecule has 0 radical (unpaired) electrons. The summed E-state index contributed by atoms with van der Waals surface area (Å²) in [5.74, 6) is 0. The Bertz CT molecular complexity index is 1120. The van der Waals surface area contributed by atoms with Crippen LogP contribution >= 0.6 is 0 Å². The summed E-state index contributed by atoms with van der Waals surface area (Å²) in [6.07, 6.45) is 0. The van der Waals surface area contributed by atoms with Crippen molar-refractivity contribution >= 4 is 43.6 Å². The molecule has 6 rings (SSSR count). The summed E-state index contributed by atoms with van der Waals surface area (Å²) in [4.78, 5) is 0. The summed E-state index contributed by atoms with van der Waals surface area (Å²) < 4.78 is 4.71. The highest BCUT2D eigenvalue weighted by atomic mass is 15.3. The zero-order chi connectivity index (χ0) is 14.3. The molecule has 6 aromatic rings. The van der Waals surface area contributed by atoms with E-state index in [9.17, 15) is 0 Å². The van der Waals surface area contributed by atoms with Crippen molar-refractivity contribution in [2.24, 2.45) is 0 Å². The molecule has 0 aliphatic heterocycles. The zero-order valence-electron chi connectivity index (χ0n) is 11.8. The number of fused-ring (bicyclic) bond motifs is 6. The van der Waals surface area contributed by atoms with Crippen molar-refractivity contribution in [1.82, 2.24) is 9.03 Å². The normalized spacial score (nSPS) is 12.5. The first-order valence-electron chi connectivity index (χ1n) is 7.57. The van der Waals surface area contributed by atoms with Crippen LogP contribution in [0.5, 0.6) is 0 Å². The van der Waals surface area contributed by atoms with Gasteiger partial charge in [0.15, 0.2) is 0 Å². The first-order valence-corrected chi connectivity index (χ1v) is 7.57. The molecule has 0 aliphatic carbocycles. The Hall–Kier alpha value is -3.00. The molecule has 0 atom stereocenters. The van der Waals surface area contributed by atoms with Gasteiger partial charge in [0, 0.05) is 21.5 Å². The van der Waals surface area contributed by atoms with E-state index in [4.69, 9.17) is 0 Å². The highest BCUT2D eigenvalue weighted by Gasteiger charge is 2.15. The van der Waals surface area contributed by atoms with Gasteiger partial charge in [-0.05, 0) is 24.3 Å². The molecular formula is C20H12N2. The predicted octanol–water partition coefficient (Wildman–Crippen LogP) is 5.09. The van der Waals surface area contributed by atoms with E-state index < -0.39 is 0 Å². The lowest BCUT2D eigenvalue weighted by Crippen LogP contribution is -2.03. The zero-order valence-corrected chi connectivity index (χ0v) is 11.8. The van der Waals surface area contributed by atoms with Crippen LogP contribution < -0.4 is 0 Å². The number of hydrogen-bond acceptors (Lipinski definition) is 0. The van der Waals surface area contributed by atoms with Gasteiger partial charge in [-0.15, -0.1) is 0 Å². The van der Waals surface area contributed by atoms with Crippen LogP contribution in [0.25, 0.3) is 43.6 Å². The fourth-order valence-electron chi connectivity index (χ4n) is 3.96. The van der Waals surface area contributed by atoms with Crippen LogP contribution in [0.2, 0.25) is 0 Å². The van der Waals surface area contributed by atoms with Crippen molar-refractivity contribution in [3.05, 3.63) is 72.8 Å². The minimum absolute atomic E-state index is 1.27. The largest absolute Gasteiger partial charge is 0.248 e. The summed E-state index contributed by atoms with van der Waals surface area (Å²) in [7, 11) is 0. The Morgan fingerprint density at radius 1 is 0.364 bits per heavy atom. The first kappa shape index (κ1) is 10.7. The average molecular weight is 280 g/mol. The van der Waals surface area contributed by atoms with E-state index in [1.165, 1.54) is 43.6 Å². The third-order valence-corrected chi connectivity index (χ3v) is 4.87. The fourth-order valence-corrected chi connectivity index (χ4v) is 3.96. The van der Waals surface area contributed by atoms with Gasteiger partial charge in [-0.25, -0.2) is 9.03 Å². The maximum Gasteiger partial charge on any atom is 0.0717 e. The molecule has 0 amide bonds. The number of benzene rings is 2. The van der Waals surface area contributed by atoms with Gasteiger partial charge in [0.25, 0.3) is 0 Å². The Labute approximate surface area is 126 Å². The van der Waals surface area contributed by atoms with Crippen LogP contribution in [-0.2, 0) is 0 Å². The van der Waals surface area contributed by atoms with Gasteiger partial charge in [-0.3, -0.25) is 0 Å². The topological polar surface area (TPSA) is 8.82 Å². The molecule has 0 spiro atoms. The van der Waals surface area contributed by atoms with Crippen molar-refractivity contribution in [3.8, 4) is 0 Å². The molecule has 0 unspecified atom stereocenters. The van der Waals surface area contributed by atoms with Gasteiger partial charge in [-0.1, -0.05) is 48.5 Å². The molecule has 4 heterocycles. The number of hydrogen-bond donors (Lipinski definition) is 0. The minimum atomic E-state index is 1.27. The van der Waals surface area contributed by atoms with Gasteiger partial charge < -0.3 is 0 Å². The van der Waals surface area contributed by atoms with Crippen LogP contribution in [0.3, 0.4) is 0 Å². The Morgan fingerprint density at radius 3 is 0.909 bits per heavy atom. The van der Waals surface area contributed by atoms with Gasteiger partial charge in [0.05, 0.1) is 22.1 Å². The summed E-state index contributed by atoms with van der Waals surface area (Å²) >= 11 is 0. The van der Waals surface area contributed by atoms with E-state index in [-0.39, 0.29) is 0 Å². The van der Waals surface area contributed by atoms with Crippen molar-refractivity contribution in [3.63, 3.8) is 0 Å². The van der Waals surface area contributed by atoms with Crippen molar-refractivity contribution < 1.29 is 0 Å². The van der Waals surface area contributed by atoms with Crippen molar-refractivity contribution in [2.75, 3.05) is 0 Å². The van der Waals surface area contributed by atoms with E-state index >= 15 is 0 Å². The van der Waals surface area contributed by atoms with Crippen molar-refractivity contribution in [1.29, 1.82) is 0 Å². The third kappa shape index (κ3) is 1.03.